The van der Waals surface area contributed by atoms with E-state index in [4.69, 9.17) is 26.6 Å². The van der Waals surface area contributed by atoms with Gasteiger partial charge in [0.2, 0.25) is 0 Å². The molecule has 0 spiro atoms. The van der Waals surface area contributed by atoms with Gasteiger partial charge in [0, 0.05) is 18.2 Å². The van der Waals surface area contributed by atoms with Crippen LogP contribution in [0.1, 0.15) is 19.4 Å². The first-order valence-electron chi connectivity index (χ1n) is 5.64. The number of benzene rings is 1. The fourth-order valence-electron chi connectivity index (χ4n) is 1.58. The van der Waals surface area contributed by atoms with Crippen molar-refractivity contribution in [3.8, 4) is 0 Å². The minimum Gasteiger partial charge on any atom is -0.593 e. The third kappa shape index (κ3) is 4.29. The third-order valence-electron chi connectivity index (χ3n) is 2.41. The Morgan fingerprint density at radius 1 is 1.63 bits per heavy atom. The van der Waals surface area contributed by atoms with Gasteiger partial charge in [0.05, 0.1) is 28.3 Å². The van der Waals surface area contributed by atoms with Crippen molar-refractivity contribution >= 4 is 34.2 Å². The Labute approximate surface area is 120 Å². The molecule has 0 aromatic heterocycles. The number of nitrogens with two attached hydrogens (primary N) is 1. The zero-order valence-electron chi connectivity index (χ0n) is 10.8. The van der Waals surface area contributed by atoms with Gasteiger partial charge in [0.1, 0.15) is 0 Å². The Morgan fingerprint density at radius 2 is 2.32 bits per heavy atom. The largest absolute Gasteiger partial charge is 0.593 e. The molecule has 0 heterocycles. The molecule has 0 aliphatic heterocycles. The van der Waals surface area contributed by atoms with Crippen molar-refractivity contribution in [3.05, 3.63) is 29.0 Å². The lowest BCUT2D eigenvalue weighted by Crippen LogP contribution is -2.15. The van der Waals surface area contributed by atoms with Gasteiger partial charge < -0.3 is 19.7 Å². The van der Waals surface area contributed by atoms with Gasteiger partial charge in [-0.1, -0.05) is 11.6 Å². The second-order valence-corrected chi connectivity index (χ2v) is 5.19. The molecule has 0 aliphatic carbocycles. The van der Waals surface area contributed by atoms with E-state index in [-0.39, 0.29) is 0 Å². The van der Waals surface area contributed by atoms with Crippen LogP contribution in [0.2, 0.25) is 5.02 Å². The molecule has 0 fully saturated rings. The van der Waals surface area contributed by atoms with Gasteiger partial charge in [-0.2, -0.15) is 0 Å². The van der Waals surface area contributed by atoms with Crippen molar-refractivity contribution in [2.45, 2.75) is 18.7 Å². The van der Waals surface area contributed by atoms with Crippen LogP contribution in [0, 0.1) is 0 Å². The van der Waals surface area contributed by atoms with E-state index in [1.165, 1.54) is 6.26 Å². The fraction of sp³-hybridized carbons (Fsp3) is 0.333. The standard InChI is InChI=1S/C12H17ClN2O3S/c1-3-15-11-5-10(13)9(4-12(11)19(14)17)8(2)6-18-7-16/h4-6,15-16H,3,7,14H2,1-2H3/b8-6+. The van der Waals surface area contributed by atoms with Gasteiger partial charge in [0.15, 0.2) is 11.7 Å². The summed E-state index contributed by atoms with van der Waals surface area (Å²) in [5, 5.41) is 17.6. The van der Waals surface area contributed by atoms with Crippen molar-refractivity contribution in [2.75, 3.05) is 18.7 Å². The van der Waals surface area contributed by atoms with E-state index in [9.17, 15) is 4.55 Å². The third-order valence-corrected chi connectivity index (χ3v) is 3.50. The first-order chi connectivity index (χ1) is 9.01. The number of hydrogen-bond acceptors (Lipinski definition) is 5. The first-order valence-corrected chi connectivity index (χ1v) is 7.23. The van der Waals surface area contributed by atoms with Crippen LogP contribution in [0.3, 0.4) is 0 Å². The van der Waals surface area contributed by atoms with E-state index in [1.54, 1.807) is 19.1 Å². The summed E-state index contributed by atoms with van der Waals surface area (Å²) in [6, 6.07) is 3.33. The molecule has 106 valence electrons. The zero-order chi connectivity index (χ0) is 14.4. The summed E-state index contributed by atoms with van der Waals surface area (Å²) in [7, 11) is 0. The van der Waals surface area contributed by atoms with E-state index in [0.717, 1.165) is 0 Å². The summed E-state index contributed by atoms with van der Waals surface area (Å²) in [5.41, 5.74) is 2.01. The van der Waals surface area contributed by atoms with Gasteiger partial charge in [-0.15, -0.1) is 5.14 Å². The van der Waals surface area contributed by atoms with Gasteiger partial charge in [-0.25, -0.2) is 0 Å². The smallest absolute Gasteiger partial charge is 0.197 e. The van der Waals surface area contributed by atoms with Crippen LogP contribution in [0.15, 0.2) is 23.3 Å². The van der Waals surface area contributed by atoms with E-state index in [0.29, 0.717) is 33.3 Å². The number of aliphatic hydroxyl groups is 1. The number of nitrogens with one attached hydrogen (secondary N) is 1. The van der Waals surface area contributed by atoms with Gasteiger partial charge in [-0.3, -0.25) is 0 Å². The zero-order valence-corrected chi connectivity index (χ0v) is 12.3. The van der Waals surface area contributed by atoms with Gasteiger partial charge >= 0.3 is 0 Å². The molecule has 5 nitrogen and oxygen atoms in total. The highest BCUT2D eigenvalue weighted by Crippen LogP contribution is 2.32. The Morgan fingerprint density at radius 3 is 2.84 bits per heavy atom. The number of rotatable bonds is 6. The Hall–Kier alpha value is -0.920. The highest BCUT2D eigenvalue weighted by molar-refractivity contribution is 7.89. The molecule has 1 aromatic rings. The highest BCUT2D eigenvalue weighted by atomic mass is 35.5. The van der Waals surface area contributed by atoms with E-state index in [2.05, 4.69) is 5.32 Å². The second-order valence-electron chi connectivity index (χ2n) is 3.75. The number of aliphatic hydroxyl groups excluding tert-OH is 1. The maximum atomic E-state index is 11.6. The van der Waals surface area contributed by atoms with Crippen molar-refractivity contribution in [1.82, 2.24) is 0 Å². The minimum absolute atomic E-state index is 0.417. The van der Waals surface area contributed by atoms with E-state index < -0.39 is 18.2 Å². The Bertz CT molecular complexity index is 467. The van der Waals surface area contributed by atoms with Crippen LogP contribution in [-0.4, -0.2) is 23.0 Å². The predicted molar refractivity (Wildman–Crippen MR) is 78.0 cm³/mol. The van der Waals surface area contributed by atoms with E-state index in [1.807, 2.05) is 6.92 Å². The molecule has 7 heteroatoms. The number of ether oxygens (including phenoxy) is 1. The van der Waals surface area contributed by atoms with Gasteiger partial charge in [-0.05, 0) is 25.5 Å². The molecule has 0 radical (unpaired) electrons. The lowest BCUT2D eigenvalue weighted by Gasteiger charge is -2.14. The Kier molecular flexibility index (Phi) is 6.47. The van der Waals surface area contributed by atoms with Crippen LogP contribution < -0.4 is 10.5 Å². The summed E-state index contributed by atoms with van der Waals surface area (Å²) < 4.78 is 16.4. The highest BCUT2D eigenvalue weighted by Gasteiger charge is 2.17. The first kappa shape index (κ1) is 16.1. The van der Waals surface area contributed by atoms with Crippen molar-refractivity contribution in [1.29, 1.82) is 0 Å². The molecule has 0 aliphatic rings. The predicted octanol–water partition coefficient (Wildman–Crippen LogP) is 2.08. The van der Waals surface area contributed by atoms with Gasteiger partial charge in [0.25, 0.3) is 0 Å². The normalized spacial score (nSPS) is 13.3. The topological polar surface area (TPSA) is 90.6 Å². The van der Waals surface area contributed by atoms with Crippen LogP contribution in [0.4, 0.5) is 5.69 Å². The fourth-order valence-corrected chi connectivity index (χ4v) is 2.47. The van der Waals surface area contributed by atoms with Crippen LogP contribution in [0.5, 0.6) is 0 Å². The summed E-state index contributed by atoms with van der Waals surface area (Å²) in [5.74, 6) is 0. The van der Waals surface area contributed by atoms with Crippen LogP contribution in [0.25, 0.3) is 5.57 Å². The number of halogens is 1. The summed E-state index contributed by atoms with van der Waals surface area (Å²) in [4.78, 5) is 0.470. The van der Waals surface area contributed by atoms with Crippen LogP contribution in [-0.2, 0) is 16.1 Å². The molecular weight excluding hydrogens is 288 g/mol. The van der Waals surface area contributed by atoms with Crippen molar-refractivity contribution in [2.24, 2.45) is 5.14 Å². The van der Waals surface area contributed by atoms with Crippen molar-refractivity contribution in [3.63, 3.8) is 0 Å². The SMILES string of the molecule is CCNc1cc(Cl)c(/C(C)=C/OCO)cc1[S+](N)[O-]. The van der Waals surface area contributed by atoms with Crippen LogP contribution >= 0.6 is 11.6 Å². The second kappa shape index (κ2) is 7.62. The molecule has 0 saturated carbocycles. The lowest BCUT2D eigenvalue weighted by molar-refractivity contribution is 0.0608. The average molecular weight is 305 g/mol. The summed E-state index contributed by atoms with van der Waals surface area (Å²) >= 11 is 4.56. The number of hydrogen-bond donors (Lipinski definition) is 3. The molecule has 0 amide bonds. The molecule has 1 unspecified atom stereocenters. The molecule has 4 N–H and O–H groups in total. The molecule has 0 bridgehead atoms. The summed E-state index contributed by atoms with van der Waals surface area (Å²) in [6.07, 6.45) is 1.39. The quantitative estimate of drug-likeness (QED) is 0.425. The van der Waals surface area contributed by atoms with Crippen molar-refractivity contribution < 1.29 is 14.4 Å². The molecule has 19 heavy (non-hydrogen) atoms. The molecule has 0 saturated heterocycles. The summed E-state index contributed by atoms with van der Waals surface area (Å²) in [6.45, 7) is 3.95. The minimum atomic E-state index is -1.62. The Balaban J connectivity index is 3.24. The maximum Gasteiger partial charge on any atom is 0.197 e. The molecule has 1 atom stereocenters. The number of allylic oxidation sites excluding steroid dienone is 1. The average Bonchev–Trinajstić information content (AvgIpc) is 2.36. The molecule has 1 aromatic carbocycles. The lowest BCUT2D eigenvalue weighted by atomic mass is 10.1. The maximum absolute atomic E-state index is 11.6. The number of anilines is 1. The monoisotopic (exact) mass is 304 g/mol. The molecular formula is C12H17ClN2O3S. The van der Waals surface area contributed by atoms with E-state index >= 15 is 0 Å². The molecule has 1 rings (SSSR count).